The molecule has 24 heavy (non-hydrogen) atoms. The highest BCUT2D eigenvalue weighted by molar-refractivity contribution is 9.10. The molecule has 0 atom stereocenters. The number of hydrogen-bond donors (Lipinski definition) is 2. The van der Waals surface area contributed by atoms with Gasteiger partial charge in [-0.15, -0.1) is 0 Å². The van der Waals surface area contributed by atoms with Crippen molar-refractivity contribution in [3.05, 3.63) is 46.2 Å². The van der Waals surface area contributed by atoms with Gasteiger partial charge in [-0.25, -0.2) is 4.68 Å². The minimum Gasteiger partial charge on any atom is -0.481 e. The molecular weight excluding hydrogens is 374 g/mol. The average Bonchev–Trinajstić information content (AvgIpc) is 2.88. The van der Waals surface area contributed by atoms with E-state index in [1.54, 1.807) is 4.68 Å². The predicted molar refractivity (Wildman–Crippen MR) is 94.4 cm³/mol. The van der Waals surface area contributed by atoms with Crippen LogP contribution in [0, 0.1) is 6.92 Å². The molecule has 128 valence electrons. The second-order valence-electron chi connectivity index (χ2n) is 6.26. The number of nitrogens with one attached hydrogen (secondary N) is 1. The maximum atomic E-state index is 12.5. The topological polar surface area (TPSA) is 84.2 Å². The summed E-state index contributed by atoms with van der Waals surface area (Å²) in [5.74, 6) is -1.14. The van der Waals surface area contributed by atoms with Crippen molar-refractivity contribution < 1.29 is 14.7 Å². The van der Waals surface area contributed by atoms with Crippen LogP contribution in [-0.2, 0) is 4.79 Å². The molecule has 0 fully saturated rings. The van der Waals surface area contributed by atoms with E-state index < -0.39 is 11.5 Å². The Morgan fingerprint density at radius 2 is 1.92 bits per heavy atom. The zero-order valence-corrected chi connectivity index (χ0v) is 15.4. The van der Waals surface area contributed by atoms with Gasteiger partial charge >= 0.3 is 5.97 Å². The van der Waals surface area contributed by atoms with Crippen molar-refractivity contribution in [1.29, 1.82) is 0 Å². The zero-order valence-electron chi connectivity index (χ0n) is 13.8. The highest BCUT2D eigenvalue weighted by Gasteiger charge is 2.24. The van der Waals surface area contributed by atoms with E-state index in [1.165, 1.54) is 6.20 Å². The zero-order chi connectivity index (χ0) is 17.9. The van der Waals surface area contributed by atoms with E-state index in [0.717, 1.165) is 15.9 Å². The molecule has 0 aliphatic rings. The Balaban J connectivity index is 2.16. The lowest BCUT2D eigenvalue weighted by Crippen LogP contribution is -2.43. The fourth-order valence-corrected chi connectivity index (χ4v) is 2.60. The molecular formula is C17H20BrN3O3. The van der Waals surface area contributed by atoms with Crippen molar-refractivity contribution in [1.82, 2.24) is 15.1 Å². The number of aromatic nitrogens is 2. The number of carbonyl (C=O) groups is 2. The Bertz CT molecular complexity index is 751. The van der Waals surface area contributed by atoms with E-state index in [1.807, 2.05) is 45.0 Å². The van der Waals surface area contributed by atoms with Gasteiger partial charge in [0.2, 0.25) is 0 Å². The van der Waals surface area contributed by atoms with Crippen LogP contribution in [-0.4, -0.2) is 32.3 Å². The average molecular weight is 394 g/mol. The summed E-state index contributed by atoms with van der Waals surface area (Å²) in [5.41, 5.74) is 1.45. The van der Waals surface area contributed by atoms with Crippen LogP contribution in [0.3, 0.4) is 0 Å². The van der Waals surface area contributed by atoms with Crippen molar-refractivity contribution in [2.45, 2.75) is 39.2 Å². The van der Waals surface area contributed by atoms with Gasteiger partial charge in [-0.2, -0.15) is 5.10 Å². The number of benzene rings is 1. The van der Waals surface area contributed by atoms with Gasteiger partial charge in [-0.1, -0.05) is 15.9 Å². The summed E-state index contributed by atoms with van der Waals surface area (Å²) in [6.07, 6.45) is 1.89. The third-order valence-electron chi connectivity index (χ3n) is 3.74. The van der Waals surface area contributed by atoms with Crippen molar-refractivity contribution in [3.63, 3.8) is 0 Å². The van der Waals surface area contributed by atoms with E-state index in [9.17, 15) is 9.59 Å². The summed E-state index contributed by atoms with van der Waals surface area (Å²) in [5, 5.41) is 16.0. The van der Waals surface area contributed by atoms with Gasteiger partial charge < -0.3 is 10.4 Å². The van der Waals surface area contributed by atoms with E-state index in [4.69, 9.17) is 5.11 Å². The Labute approximate surface area is 149 Å². The van der Waals surface area contributed by atoms with Crippen molar-refractivity contribution in [2.75, 3.05) is 0 Å². The molecule has 0 saturated heterocycles. The predicted octanol–water partition coefficient (Wildman–Crippen LogP) is 3.32. The van der Waals surface area contributed by atoms with Crippen LogP contribution < -0.4 is 5.32 Å². The van der Waals surface area contributed by atoms with Crippen molar-refractivity contribution in [2.24, 2.45) is 0 Å². The summed E-state index contributed by atoms with van der Waals surface area (Å²) in [4.78, 5) is 23.2. The molecule has 7 heteroatoms. The van der Waals surface area contributed by atoms with Gasteiger partial charge in [0.1, 0.15) is 0 Å². The number of nitrogens with zero attached hydrogens (tertiary/aromatic N) is 2. The fourth-order valence-electron chi connectivity index (χ4n) is 2.33. The number of aliphatic carboxylic acids is 1. The first-order valence-electron chi connectivity index (χ1n) is 7.54. The molecule has 2 rings (SSSR count). The van der Waals surface area contributed by atoms with Crippen LogP contribution in [0.5, 0.6) is 0 Å². The van der Waals surface area contributed by atoms with Crippen LogP contribution in [0.1, 0.15) is 42.7 Å². The van der Waals surface area contributed by atoms with Crippen LogP contribution in [0.4, 0.5) is 0 Å². The van der Waals surface area contributed by atoms with E-state index in [2.05, 4.69) is 26.3 Å². The van der Waals surface area contributed by atoms with Crippen LogP contribution in [0.25, 0.3) is 5.69 Å². The van der Waals surface area contributed by atoms with Gasteiger partial charge in [-0.3, -0.25) is 9.59 Å². The molecule has 2 N–H and O–H groups in total. The quantitative estimate of drug-likeness (QED) is 0.788. The molecule has 0 aliphatic heterocycles. The lowest BCUT2D eigenvalue weighted by molar-refractivity contribution is -0.137. The molecule has 1 aromatic heterocycles. The number of hydrogen-bond acceptors (Lipinski definition) is 3. The summed E-state index contributed by atoms with van der Waals surface area (Å²) >= 11 is 3.39. The molecule has 2 aromatic rings. The molecule has 6 nitrogen and oxygen atoms in total. The number of carboxylic acid groups (broad SMARTS) is 1. The first kappa shape index (κ1) is 18.2. The van der Waals surface area contributed by atoms with Gasteiger partial charge in [0.05, 0.1) is 23.1 Å². The van der Waals surface area contributed by atoms with Crippen LogP contribution in [0.15, 0.2) is 34.9 Å². The van der Waals surface area contributed by atoms with Crippen molar-refractivity contribution in [3.8, 4) is 5.69 Å². The van der Waals surface area contributed by atoms with Gasteiger partial charge in [-0.05, 0) is 51.5 Å². The van der Waals surface area contributed by atoms with Gasteiger partial charge in [0.15, 0.2) is 0 Å². The Kier molecular flexibility index (Phi) is 5.43. The molecule has 0 saturated carbocycles. The minimum absolute atomic E-state index is 0.00438. The minimum atomic E-state index is -0.878. The first-order chi connectivity index (χ1) is 11.2. The molecule has 1 amide bonds. The maximum absolute atomic E-state index is 12.5. The largest absolute Gasteiger partial charge is 0.481 e. The SMILES string of the molecule is Cc1c(C(=O)NC(C)(C)CCC(=O)O)cnn1-c1ccc(Br)cc1. The number of carboxylic acids is 1. The highest BCUT2D eigenvalue weighted by Crippen LogP contribution is 2.18. The summed E-state index contributed by atoms with van der Waals surface area (Å²) in [6.45, 7) is 5.44. The van der Waals surface area contributed by atoms with Crippen molar-refractivity contribution >= 4 is 27.8 Å². The van der Waals surface area contributed by atoms with Crippen LogP contribution in [0.2, 0.25) is 0 Å². The Morgan fingerprint density at radius 1 is 1.29 bits per heavy atom. The lowest BCUT2D eigenvalue weighted by atomic mass is 9.98. The molecule has 0 spiro atoms. The summed E-state index contributed by atoms with van der Waals surface area (Å²) in [6, 6.07) is 7.63. The second kappa shape index (κ2) is 7.17. The number of halogens is 1. The number of amides is 1. The molecule has 0 aliphatic carbocycles. The third-order valence-corrected chi connectivity index (χ3v) is 4.27. The summed E-state index contributed by atoms with van der Waals surface area (Å²) in [7, 11) is 0. The smallest absolute Gasteiger partial charge is 0.303 e. The Morgan fingerprint density at radius 3 is 2.50 bits per heavy atom. The molecule has 0 radical (unpaired) electrons. The van der Waals surface area contributed by atoms with Gasteiger partial charge in [0, 0.05) is 16.4 Å². The number of rotatable bonds is 6. The number of carbonyl (C=O) groups excluding carboxylic acids is 1. The van der Waals surface area contributed by atoms with Crippen LogP contribution >= 0.6 is 15.9 Å². The molecule has 1 aromatic carbocycles. The van der Waals surface area contributed by atoms with E-state index in [-0.39, 0.29) is 12.3 Å². The standard InChI is InChI=1S/C17H20BrN3O3/c1-11-14(16(24)20-17(2,3)9-8-15(22)23)10-19-21(11)13-6-4-12(18)5-7-13/h4-7,10H,8-9H2,1-3H3,(H,20,24)(H,22,23). The third kappa shape index (κ3) is 4.44. The second-order valence-corrected chi connectivity index (χ2v) is 7.18. The maximum Gasteiger partial charge on any atom is 0.303 e. The molecule has 0 bridgehead atoms. The lowest BCUT2D eigenvalue weighted by Gasteiger charge is -2.25. The summed E-state index contributed by atoms with van der Waals surface area (Å²) < 4.78 is 2.67. The van der Waals surface area contributed by atoms with E-state index >= 15 is 0 Å². The molecule has 0 unspecified atom stereocenters. The first-order valence-corrected chi connectivity index (χ1v) is 8.34. The Hall–Kier alpha value is -2.15. The molecule has 1 heterocycles. The fraction of sp³-hybridized carbons (Fsp3) is 0.353. The normalized spacial score (nSPS) is 11.3. The monoisotopic (exact) mass is 393 g/mol. The highest BCUT2D eigenvalue weighted by atomic mass is 79.9. The van der Waals surface area contributed by atoms with Gasteiger partial charge in [0.25, 0.3) is 5.91 Å². The van der Waals surface area contributed by atoms with E-state index in [0.29, 0.717) is 12.0 Å².